The summed E-state index contributed by atoms with van der Waals surface area (Å²) >= 11 is 0. The molecule has 0 fully saturated rings. The summed E-state index contributed by atoms with van der Waals surface area (Å²) < 4.78 is 82.8. The predicted octanol–water partition coefficient (Wildman–Crippen LogP) is 4.04. The molecule has 4 nitrogen and oxygen atoms in total. The number of ether oxygens (including phenoxy) is 1. The molecule has 0 radical (unpaired) electrons. The summed E-state index contributed by atoms with van der Waals surface area (Å²) in [6.45, 7) is 2.17. The van der Waals surface area contributed by atoms with Crippen molar-refractivity contribution < 1.29 is 30.7 Å². The van der Waals surface area contributed by atoms with Gasteiger partial charge >= 0.3 is 6.18 Å². The van der Waals surface area contributed by atoms with Gasteiger partial charge in [0.15, 0.2) is 0 Å². The average Bonchev–Trinajstić information content (AvgIpc) is 2.49. The van der Waals surface area contributed by atoms with Gasteiger partial charge in [0, 0.05) is 5.69 Å². The highest BCUT2D eigenvalue weighted by Crippen LogP contribution is 2.33. The van der Waals surface area contributed by atoms with E-state index in [0.29, 0.717) is 24.5 Å². The molecule has 0 aliphatic rings. The minimum Gasteiger partial charge on any atom is -0.494 e. The van der Waals surface area contributed by atoms with Crippen LogP contribution in [0.5, 0.6) is 5.75 Å². The van der Waals surface area contributed by atoms with E-state index in [2.05, 4.69) is 0 Å². The molecule has 9 heteroatoms. The third kappa shape index (κ3) is 4.16. The zero-order valence-corrected chi connectivity index (χ0v) is 13.2. The van der Waals surface area contributed by atoms with Gasteiger partial charge in [-0.25, -0.2) is 12.8 Å². The number of benzene rings is 2. The quantitative estimate of drug-likeness (QED) is 0.816. The van der Waals surface area contributed by atoms with Crippen molar-refractivity contribution in [2.45, 2.75) is 18.0 Å². The minimum atomic E-state index is -4.93. The molecule has 2 aromatic rings. The Morgan fingerprint density at radius 1 is 1.08 bits per heavy atom. The van der Waals surface area contributed by atoms with Gasteiger partial charge in [-0.3, -0.25) is 4.72 Å². The van der Waals surface area contributed by atoms with Crippen LogP contribution >= 0.6 is 0 Å². The Morgan fingerprint density at radius 3 is 2.25 bits per heavy atom. The van der Waals surface area contributed by atoms with E-state index in [-0.39, 0.29) is 4.90 Å². The zero-order valence-electron chi connectivity index (χ0n) is 12.4. The molecule has 0 saturated heterocycles. The maximum absolute atomic E-state index is 13.2. The fourth-order valence-electron chi connectivity index (χ4n) is 1.90. The molecule has 1 N–H and O–H groups in total. The molecule has 0 aliphatic heterocycles. The molecule has 0 atom stereocenters. The smallest absolute Gasteiger partial charge is 0.419 e. The maximum atomic E-state index is 13.2. The third-order valence-electron chi connectivity index (χ3n) is 2.97. The van der Waals surface area contributed by atoms with Crippen LogP contribution in [-0.4, -0.2) is 15.0 Å². The first-order chi connectivity index (χ1) is 11.1. The van der Waals surface area contributed by atoms with Gasteiger partial charge in [-0.05, 0) is 49.4 Å². The van der Waals surface area contributed by atoms with E-state index < -0.39 is 33.3 Å². The fraction of sp³-hybridized carbons (Fsp3) is 0.200. The van der Waals surface area contributed by atoms with Crippen LogP contribution in [0.15, 0.2) is 47.4 Å². The predicted molar refractivity (Wildman–Crippen MR) is 79.8 cm³/mol. The molecule has 0 amide bonds. The molecule has 0 heterocycles. The summed E-state index contributed by atoms with van der Waals surface area (Å²) in [4.78, 5) is -0.163. The minimum absolute atomic E-state index is 0.163. The molecule has 0 saturated carbocycles. The number of halogens is 4. The summed E-state index contributed by atoms with van der Waals surface area (Å²) in [7, 11) is -4.12. The highest BCUT2D eigenvalue weighted by molar-refractivity contribution is 7.92. The van der Waals surface area contributed by atoms with Crippen molar-refractivity contribution in [3.05, 3.63) is 53.8 Å². The number of rotatable bonds is 5. The fourth-order valence-corrected chi connectivity index (χ4v) is 2.95. The average molecular weight is 363 g/mol. The summed E-state index contributed by atoms with van der Waals surface area (Å²) in [6, 6.07) is 7.22. The van der Waals surface area contributed by atoms with Crippen molar-refractivity contribution in [3.63, 3.8) is 0 Å². The first kappa shape index (κ1) is 18.1. The van der Waals surface area contributed by atoms with E-state index in [9.17, 15) is 26.0 Å². The van der Waals surface area contributed by atoms with Gasteiger partial charge in [0.05, 0.1) is 17.1 Å². The number of nitrogens with one attached hydrogen (secondary N) is 1. The molecule has 130 valence electrons. The Kier molecular flexibility index (Phi) is 5.02. The number of hydrogen-bond donors (Lipinski definition) is 1. The Labute approximate surface area is 136 Å². The summed E-state index contributed by atoms with van der Waals surface area (Å²) in [5, 5.41) is 0. The summed E-state index contributed by atoms with van der Waals surface area (Å²) in [6.07, 6.45) is -4.93. The van der Waals surface area contributed by atoms with Crippen molar-refractivity contribution >= 4 is 15.7 Å². The van der Waals surface area contributed by atoms with Crippen LogP contribution < -0.4 is 9.46 Å². The highest BCUT2D eigenvalue weighted by Gasteiger charge is 2.34. The number of alkyl halides is 3. The Balaban J connectivity index is 2.29. The van der Waals surface area contributed by atoms with Crippen LogP contribution in [0, 0.1) is 5.82 Å². The van der Waals surface area contributed by atoms with Crippen LogP contribution in [0.1, 0.15) is 12.5 Å². The molecule has 2 rings (SSSR count). The lowest BCUT2D eigenvalue weighted by molar-refractivity contribution is -0.139. The molecule has 2 aromatic carbocycles. The van der Waals surface area contributed by atoms with Gasteiger partial charge < -0.3 is 4.74 Å². The van der Waals surface area contributed by atoms with E-state index in [1.54, 1.807) is 6.92 Å². The van der Waals surface area contributed by atoms with E-state index in [1.807, 2.05) is 4.72 Å². The van der Waals surface area contributed by atoms with Crippen LogP contribution in [0.4, 0.5) is 23.2 Å². The molecular weight excluding hydrogens is 350 g/mol. The van der Waals surface area contributed by atoms with Crippen molar-refractivity contribution in [3.8, 4) is 5.75 Å². The lowest BCUT2D eigenvalue weighted by atomic mass is 10.2. The molecule has 0 bridgehead atoms. The molecule has 0 spiro atoms. The number of hydrogen-bond acceptors (Lipinski definition) is 3. The first-order valence-corrected chi connectivity index (χ1v) is 8.24. The first-order valence-electron chi connectivity index (χ1n) is 6.76. The van der Waals surface area contributed by atoms with Crippen LogP contribution in [0.2, 0.25) is 0 Å². The maximum Gasteiger partial charge on any atom is 0.419 e. The summed E-state index contributed by atoms with van der Waals surface area (Å²) in [5.74, 6) is -1.02. The number of sulfonamides is 1. The van der Waals surface area contributed by atoms with Crippen LogP contribution in [-0.2, 0) is 16.2 Å². The number of anilines is 1. The Morgan fingerprint density at radius 2 is 1.71 bits per heavy atom. The zero-order chi connectivity index (χ0) is 18.0. The Bertz CT molecular complexity index is 818. The van der Waals surface area contributed by atoms with Gasteiger partial charge in [0.2, 0.25) is 0 Å². The lowest BCUT2D eigenvalue weighted by Gasteiger charge is -2.12. The van der Waals surface area contributed by atoms with Crippen LogP contribution in [0.25, 0.3) is 0 Å². The lowest BCUT2D eigenvalue weighted by Crippen LogP contribution is -2.15. The monoisotopic (exact) mass is 363 g/mol. The van der Waals surface area contributed by atoms with Crippen molar-refractivity contribution in [2.24, 2.45) is 0 Å². The second kappa shape index (κ2) is 6.68. The van der Waals surface area contributed by atoms with Crippen LogP contribution in [0.3, 0.4) is 0 Å². The third-order valence-corrected chi connectivity index (χ3v) is 4.37. The highest BCUT2D eigenvalue weighted by atomic mass is 32.2. The van der Waals surface area contributed by atoms with Crippen molar-refractivity contribution in [2.75, 3.05) is 11.3 Å². The summed E-state index contributed by atoms with van der Waals surface area (Å²) in [5.41, 5.74) is -1.94. The van der Waals surface area contributed by atoms with E-state index in [1.165, 1.54) is 24.3 Å². The second-order valence-electron chi connectivity index (χ2n) is 4.70. The molecular formula is C15H13F4NO3S. The SMILES string of the molecule is CCOc1ccc(S(=O)(=O)Nc2ccc(F)c(C(F)(F)F)c2)cc1. The van der Waals surface area contributed by atoms with E-state index in [0.717, 1.165) is 6.07 Å². The second-order valence-corrected chi connectivity index (χ2v) is 6.38. The van der Waals surface area contributed by atoms with Gasteiger partial charge in [-0.2, -0.15) is 13.2 Å². The molecule has 0 aromatic heterocycles. The van der Waals surface area contributed by atoms with E-state index >= 15 is 0 Å². The largest absolute Gasteiger partial charge is 0.494 e. The van der Waals surface area contributed by atoms with Gasteiger partial charge in [-0.1, -0.05) is 0 Å². The van der Waals surface area contributed by atoms with Gasteiger partial charge in [0.25, 0.3) is 10.0 Å². The van der Waals surface area contributed by atoms with E-state index in [4.69, 9.17) is 4.74 Å². The van der Waals surface area contributed by atoms with Gasteiger partial charge in [0.1, 0.15) is 11.6 Å². The van der Waals surface area contributed by atoms with Gasteiger partial charge in [-0.15, -0.1) is 0 Å². The molecule has 24 heavy (non-hydrogen) atoms. The topological polar surface area (TPSA) is 55.4 Å². The van der Waals surface area contributed by atoms with Crippen molar-refractivity contribution in [1.29, 1.82) is 0 Å². The van der Waals surface area contributed by atoms with Crippen molar-refractivity contribution in [1.82, 2.24) is 0 Å². The molecule has 0 unspecified atom stereocenters. The normalized spacial score (nSPS) is 12.0. The standard InChI is InChI=1S/C15H13F4NO3S/c1-2-23-11-4-6-12(7-5-11)24(21,22)20-10-3-8-14(16)13(9-10)15(17,18)19/h3-9,20H,2H2,1H3. The molecule has 0 aliphatic carbocycles. The Hall–Kier alpha value is -2.29.